The molecule has 1 atom stereocenters. The van der Waals surface area contributed by atoms with Gasteiger partial charge in [-0.3, -0.25) is 4.79 Å². The summed E-state index contributed by atoms with van der Waals surface area (Å²) in [7, 11) is 1.34. The molecule has 3 aromatic rings. The second-order valence-corrected chi connectivity index (χ2v) is 6.55. The van der Waals surface area contributed by atoms with Crippen molar-refractivity contribution in [1.29, 1.82) is 0 Å². The molecule has 0 spiro atoms. The van der Waals surface area contributed by atoms with Crippen LogP contribution in [0.2, 0.25) is 0 Å². The Bertz CT molecular complexity index is 902. The first-order chi connectivity index (χ1) is 13.2. The van der Waals surface area contributed by atoms with Crippen LogP contribution in [0.5, 0.6) is 0 Å². The molecule has 1 heterocycles. The summed E-state index contributed by atoms with van der Waals surface area (Å²) in [4.78, 5) is 27.6. The van der Waals surface area contributed by atoms with Crippen molar-refractivity contribution in [3.63, 3.8) is 0 Å². The summed E-state index contributed by atoms with van der Waals surface area (Å²) < 4.78 is 4.84. The van der Waals surface area contributed by atoms with Gasteiger partial charge in [0.2, 0.25) is 5.91 Å². The van der Waals surface area contributed by atoms with E-state index in [1.54, 1.807) is 0 Å². The van der Waals surface area contributed by atoms with E-state index in [4.69, 9.17) is 4.74 Å². The van der Waals surface area contributed by atoms with Crippen LogP contribution in [0, 0.1) is 0 Å². The maximum absolute atomic E-state index is 12.3. The van der Waals surface area contributed by atoms with E-state index in [0.29, 0.717) is 19.3 Å². The quantitative estimate of drug-likeness (QED) is 0.602. The standard InChI is InChI=1S/C22H24N2O3/c1-27-22(26)20(14-16-8-3-2-4-9-16)24-21(25)13-7-10-17-15-23-19-12-6-5-11-18(17)19/h2-6,8-9,11-12,15,20,23H,7,10,13-14H2,1H3,(H,24,25). The molecular formula is C22H24N2O3. The Morgan fingerprint density at radius 3 is 2.59 bits per heavy atom. The summed E-state index contributed by atoms with van der Waals surface area (Å²) in [5.74, 6) is -0.565. The van der Waals surface area contributed by atoms with E-state index in [0.717, 1.165) is 17.5 Å². The molecular weight excluding hydrogens is 340 g/mol. The van der Waals surface area contributed by atoms with E-state index in [-0.39, 0.29) is 5.91 Å². The maximum atomic E-state index is 12.3. The zero-order valence-corrected chi connectivity index (χ0v) is 15.4. The first kappa shape index (κ1) is 18.7. The highest BCUT2D eigenvalue weighted by molar-refractivity contribution is 5.85. The lowest BCUT2D eigenvalue weighted by molar-refractivity contribution is -0.145. The highest BCUT2D eigenvalue weighted by Crippen LogP contribution is 2.19. The summed E-state index contributed by atoms with van der Waals surface area (Å²) in [6.45, 7) is 0. The van der Waals surface area contributed by atoms with Gasteiger partial charge in [0.15, 0.2) is 0 Å². The molecule has 2 N–H and O–H groups in total. The normalized spacial score (nSPS) is 11.9. The fourth-order valence-electron chi connectivity index (χ4n) is 3.23. The van der Waals surface area contributed by atoms with Gasteiger partial charge in [-0.2, -0.15) is 0 Å². The van der Waals surface area contributed by atoms with Crippen LogP contribution in [0.15, 0.2) is 60.8 Å². The minimum atomic E-state index is -0.669. The van der Waals surface area contributed by atoms with E-state index < -0.39 is 12.0 Å². The number of carbonyl (C=O) groups is 2. The van der Waals surface area contributed by atoms with Crippen LogP contribution in [-0.2, 0) is 27.2 Å². The average molecular weight is 364 g/mol. The largest absolute Gasteiger partial charge is 0.467 e. The Morgan fingerprint density at radius 1 is 1.07 bits per heavy atom. The second kappa shape index (κ2) is 9.03. The summed E-state index contributed by atoms with van der Waals surface area (Å²) >= 11 is 0. The molecule has 0 aliphatic heterocycles. The minimum absolute atomic E-state index is 0.138. The summed E-state index contributed by atoms with van der Waals surface area (Å²) in [5.41, 5.74) is 3.28. The number of para-hydroxylation sites is 1. The molecule has 0 saturated heterocycles. The van der Waals surface area contributed by atoms with Crippen LogP contribution >= 0.6 is 0 Å². The van der Waals surface area contributed by atoms with Crippen LogP contribution in [0.3, 0.4) is 0 Å². The lowest BCUT2D eigenvalue weighted by atomic mass is 10.0. The predicted octanol–water partition coefficient (Wildman–Crippen LogP) is 3.39. The fraction of sp³-hybridized carbons (Fsp3) is 0.273. The number of H-pyrrole nitrogens is 1. The molecule has 1 amide bonds. The van der Waals surface area contributed by atoms with Crippen molar-refractivity contribution in [3.8, 4) is 0 Å². The van der Waals surface area contributed by atoms with Crippen LogP contribution in [0.25, 0.3) is 10.9 Å². The topological polar surface area (TPSA) is 71.2 Å². The number of aromatic amines is 1. The van der Waals surface area contributed by atoms with Gasteiger partial charge in [0.05, 0.1) is 7.11 Å². The van der Waals surface area contributed by atoms with Crippen molar-refractivity contribution in [2.75, 3.05) is 7.11 Å². The fourth-order valence-corrected chi connectivity index (χ4v) is 3.23. The van der Waals surface area contributed by atoms with Gasteiger partial charge in [-0.15, -0.1) is 0 Å². The maximum Gasteiger partial charge on any atom is 0.328 e. The number of hydrogen-bond donors (Lipinski definition) is 2. The Labute approximate surface area is 158 Å². The van der Waals surface area contributed by atoms with Crippen LogP contribution in [0.4, 0.5) is 0 Å². The molecule has 2 aromatic carbocycles. The van der Waals surface area contributed by atoms with Crippen molar-refractivity contribution in [1.82, 2.24) is 10.3 Å². The average Bonchev–Trinajstić information content (AvgIpc) is 3.11. The van der Waals surface area contributed by atoms with Gasteiger partial charge in [-0.1, -0.05) is 48.5 Å². The van der Waals surface area contributed by atoms with Gasteiger partial charge >= 0.3 is 5.97 Å². The Balaban J connectivity index is 1.53. The summed E-state index contributed by atoms with van der Waals surface area (Å²) in [5, 5.41) is 4.00. The van der Waals surface area contributed by atoms with Crippen molar-refractivity contribution in [2.24, 2.45) is 0 Å². The number of methoxy groups -OCH3 is 1. The molecule has 0 bridgehead atoms. The highest BCUT2D eigenvalue weighted by atomic mass is 16.5. The lowest BCUT2D eigenvalue weighted by Crippen LogP contribution is -2.43. The molecule has 140 valence electrons. The van der Waals surface area contributed by atoms with Crippen molar-refractivity contribution in [3.05, 3.63) is 71.9 Å². The molecule has 1 unspecified atom stereocenters. The van der Waals surface area contributed by atoms with Crippen molar-refractivity contribution < 1.29 is 14.3 Å². The minimum Gasteiger partial charge on any atom is -0.467 e. The number of ether oxygens (including phenoxy) is 1. The number of benzene rings is 2. The van der Waals surface area contributed by atoms with E-state index in [1.807, 2.05) is 54.7 Å². The van der Waals surface area contributed by atoms with Gasteiger partial charge in [-0.25, -0.2) is 4.79 Å². The SMILES string of the molecule is COC(=O)C(Cc1ccccc1)NC(=O)CCCc1c[nH]c2ccccc12. The van der Waals surface area contributed by atoms with Gasteiger partial charge < -0.3 is 15.0 Å². The van der Waals surface area contributed by atoms with Gasteiger partial charge in [-0.05, 0) is 30.0 Å². The van der Waals surface area contributed by atoms with E-state index in [9.17, 15) is 9.59 Å². The molecule has 0 radical (unpaired) electrons. The Kier molecular flexibility index (Phi) is 6.26. The molecule has 5 heteroatoms. The van der Waals surface area contributed by atoms with Gasteiger partial charge in [0, 0.05) is 29.9 Å². The molecule has 5 nitrogen and oxygen atoms in total. The smallest absolute Gasteiger partial charge is 0.328 e. The molecule has 3 rings (SSSR count). The molecule has 0 aliphatic rings. The molecule has 0 saturated carbocycles. The van der Waals surface area contributed by atoms with E-state index >= 15 is 0 Å². The number of esters is 1. The van der Waals surface area contributed by atoms with Crippen LogP contribution in [0.1, 0.15) is 24.0 Å². The number of amides is 1. The monoisotopic (exact) mass is 364 g/mol. The molecule has 27 heavy (non-hydrogen) atoms. The highest BCUT2D eigenvalue weighted by Gasteiger charge is 2.21. The third kappa shape index (κ3) is 4.97. The number of fused-ring (bicyclic) bond motifs is 1. The third-order valence-corrected chi connectivity index (χ3v) is 4.63. The molecule has 0 fully saturated rings. The number of nitrogens with one attached hydrogen (secondary N) is 2. The van der Waals surface area contributed by atoms with E-state index in [1.165, 1.54) is 18.1 Å². The first-order valence-corrected chi connectivity index (χ1v) is 9.13. The van der Waals surface area contributed by atoms with E-state index in [2.05, 4.69) is 16.4 Å². The Morgan fingerprint density at radius 2 is 1.81 bits per heavy atom. The van der Waals surface area contributed by atoms with Gasteiger partial charge in [0.25, 0.3) is 0 Å². The number of hydrogen-bond acceptors (Lipinski definition) is 3. The van der Waals surface area contributed by atoms with Gasteiger partial charge in [0.1, 0.15) is 6.04 Å². The zero-order chi connectivity index (χ0) is 19.1. The number of rotatable bonds is 8. The van der Waals surface area contributed by atoms with Crippen molar-refractivity contribution >= 4 is 22.8 Å². The summed E-state index contributed by atoms with van der Waals surface area (Å²) in [6.07, 6.45) is 4.30. The summed E-state index contributed by atoms with van der Waals surface area (Å²) in [6, 6.07) is 17.0. The number of aromatic nitrogens is 1. The second-order valence-electron chi connectivity index (χ2n) is 6.55. The zero-order valence-electron chi connectivity index (χ0n) is 15.4. The van der Waals surface area contributed by atoms with Crippen LogP contribution < -0.4 is 5.32 Å². The predicted molar refractivity (Wildman–Crippen MR) is 105 cm³/mol. The number of aryl methyl sites for hydroxylation is 1. The molecule has 1 aromatic heterocycles. The third-order valence-electron chi connectivity index (χ3n) is 4.63. The lowest BCUT2D eigenvalue weighted by Gasteiger charge is -2.16. The van der Waals surface area contributed by atoms with Crippen LogP contribution in [-0.4, -0.2) is 30.0 Å². The molecule has 0 aliphatic carbocycles. The first-order valence-electron chi connectivity index (χ1n) is 9.13. The van der Waals surface area contributed by atoms with Crippen molar-refractivity contribution in [2.45, 2.75) is 31.7 Å². The Hall–Kier alpha value is -3.08. The number of carbonyl (C=O) groups excluding carboxylic acids is 2.